The molecule has 1 saturated carbocycles. The number of nitrogens with two attached hydrogens (primary N) is 1. The van der Waals surface area contributed by atoms with Gasteiger partial charge in [-0.15, -0.1) is 0 Å². The lowest BCUT2D eigenvalue weighted by Gasteiger charge is -2.28. The smallest absolute Gasteiger partial charge is 0.229 e. The SMILES string of the molecule is Nc1nc(Cl)nc2c1ncn2C1CCC(C(=O)Nc2ncc[nH]2)CC1. The molecule has 1 aliphatic rings. The minimum absolute atomic E-state index is 0.00139. The van der Waals surface area contributed by atoms with Crippen molar-refractivity contribution >= 4 is 40.4 Å². The number of hydrogen-bond donors (Lipinski definition) is 3. The number of nitrogens with zero attached hydrogens (tertiary/aromatic N) is 5. The van der Waals surface area contributed by atoms with E-state index in [1.165, 1.54) is 0 Å². The van der Waals surface area contributed by atoms with Crippen molar-refractivity contribution in [1.29, 1.82) is 0 Å². The highest BCUT2D eigenvalue weighted by molar-refractivity contribution is 6.28. The van der Waals surface area contributed by atoms with E-state index >= 15 is 0 Å². The summed E-state index contributed by atoms with van der Waals surface area (Å²) in [7, 11) is 0. The maximum atomic E-state index is 12.3. The number of hydrogen-bond acceptors (Lipinski definition) is 6. The third-order valence-electron chi connectivity index (χ3n) is 4.62. The molecule has 0 unspecified atom stereocenters. The fourth-order valence-electron chi connectivity index (χ4n) is 3.35. The highest BCUT2D eigenvalue weighted by Crippen LogP contribution is 2.34. The second-order valence-electron chi connectivity index (χ2n) is 6.13. The molecule has 3 heterocycles. The standard InChI is InChI=1S/C15H17ClN8O/c16-14-21-11(17)10-12(22-14)24(7-20-10)9-3-1-8(2-4-9)13(25)23-15-18-5-6-19-15/h5-9H,1-4H2,(H2,17,21,22)(H2,18,19,23,25). The summed E-state index contributed by atoms with van der Waals surface area (Å²) in [4.78, 5) is 31.7. The summed E-state index contributed by atoms with van der Waals surface area (Å²) >= 11 is 5.92. The normalized spacial score (nSPS) is 20.7. The lowest BCUT2D eigenvalue weighted by Crippen LogP contribution is -2.28. The fourth-order valence-corrected chi connectivity index (χ4v) is 3.52. The van der Waals surface area contributed by atoms with Crippen LogP contribution in [0.15, 0.2) is 18.7 Å². The molecule has 4 rings (SSSR count). The van der Waals surface area contributed by atoms with Crippen LogP contribution in [-0.4, -0.2) is 35.4 Å². The Kier molecular flexibility index (Phi) is 4.00. The molecule has 9 nitrogen and oxygen atoms in total. The first-order chi connectivity index (χ1) is 12.1. The second kappa shape index (κ2) is 6.32. The number of fused-ring (bicyclic) bond motifs is 1. The van der Waals surface area contributed by atoms with E-state index in [-0.39, 0.29) is 29.0 Å². The Labute approximate surface area is 148 Å². The van der Waals surface area contributed by atoms with Crippen LogP contribution in [0.3, 0.4) is 0 Å². The lowest BCUT2D eigenvalue weighted by molar-refractivity contribution is -0.121. The summed E-state index contributed by atoms with van der Waals surface area (Å²) < 4.78 is 1.99. The maximum absolute atomic E-state index is 12.3. The number of amides is 1. The highest BCUT2D eigenvalue weighted by Gasteiger charge is 2.28. The molecule has 0 aromatic carbocycles. The Morgan fingerprint density at radius 2 is 2.08 bits per heavy atom. The third-order valence-corrected chi connectivity index (χ3v) is 4.79. The molecule has 0 atom stereocenters. The van der Waals surface area contributed by atoms with Gasteiger partial charge in [0.1, 0.15) is 5.52 Å². The molecule has 4 N–H and O–H groups in total. The van der Waals surface area contributed by atoms with Crippen molar-refractivity contribution in [2.45, 2.75) is 31.7 Å². The van der Waals surface area contributed by atoms with Crippen molar-refractivity contribution in [3.05, 3.63) is 24.0 Å². The van der Waals surface area contributed by atoms with Gasteiger partial charge >= 0.3 is 0 Å². The monoisotopic (exact) mass is 360 g/mol. The number of anilines is 2. The topological polar surface area (TPSA) is 127 Å². The van der Waals surface area contributed by atoms with Crippen LogP contribution in [0.25, 0.3) is 11.2 Å². The molecule has 25 heavy (non-hydrogen) atoms. The van der Waals surface area contributed by atoms with Gasteiger partial charge in [0.25, 0.3) is 0 Å². The van der Waals surface area contributed by atoms with E-state index < -0.39 is 0 Å². The number of rotatable bonds is 3. The first kappa shape index (κ1) is 15.8. The summed E-state index contributed by atoms with van der Waals surface area (Å²) in [5.41, 5.74) is 7.05. The zero-order chi connectivity index (χ0) is 17.4. The zero-order valence-electron chi connectivity index (χ0n) is 13.3. The Morgan fingerprint density at radius 1 is 1.28 bits per heavy atom. The van der Waals surface area contributed by atoms with Gasteiger partial charge in [0.05, 0.1) is 6.33 Å². The van der Waals surface area contributed by atoms with Crippen LogP contribution in [0.5, 0.6) is 0 Å². The van der Waals surface area contributed by atoms with Crippen LogP contribution in [0.2, 0.25) is 5.28 Å². The molecule has 1 fully saturated rings. The number of aromatic amines is 1. The van der Waals surface area contributed by atoms with Crippen LogP contribution < -0.4 is 11.1 Å². The number of H-pyrrole nitrogens is 1. The molecule has 0 radical (unpaired) electrons. The van der Waals surface area contributed by atoms with Gasteiger partial charge in [-0.2, -0.15) is 9.97 Å². The van der Waals surface area contributed by atoms with E-state index in [0.717, 1.165) is 25.7 Å². The zero-order valence-corrected chi connectivity index (χ0v) is 14.1. The van der Waals surface area contributed by atoms with E-state index in [1.807, 2.05) is 4.57 Å². The van der Waals surface area contributed by atoms with Crippen LogP contribution >= 0.6 is 11.6 Å². The van der Waals surface area contributed by atoms with Gasteiger partial charge in [-0.25, -0.2) is 9.97 Å². The molecule has 0 aliphatic heterocycles. The predicted octanol–water partition coefficient (Wildman–Crippen LogP) is 2.16. The molecular weight excluding hydrogens is 344 g/mol. The summed E-state index contributed by atoms with van der Waals surface area (Å²) in [5.74, 6) is 0.729. The van der Waals surface area contributed by atoms with Crippen molar-refractivity contribution in [3.63, 3.8) is 0 Å². The Hall–Kier alpha value is -2.68. The summed E-state index contributed by atoms with van der Waals surface area (Å²) in [5, 5.41) is 2.92. The molecule has 130 valence electrons. The molecule has 0 spiro atoms. The number of carbonyl (C=O) groups excluding carboxylic acids is 1. The summed E-state index contributed by atoms with van der Waals surface area (Å²) in [6, 6.07) is 0.211. The molecule has 1 amide bonds. The lowest BCUT2D eigenvalue weighted by atomic mass is 9.85. The number of imidazole rings is 2. The minimum atomic E-state index is -0.0283. The number of nitrogens with one attached hydrogen (secondary N) is 2. The van der Waals surface area contributed by atoms with Crippen LogP contribution in [0.1, 0.15) is 31.7 Å². The van der Waals surface area contributed by atoms with Gasteiger partial charge < -0.3 is 15.3 Å². The van der Waals surface area contributed by atoms with Crippen molar-refractivity contribution in [2.75, 3.05) is 11.1 Å². The maximum Gasteiger partial charge on any atom is 0.229 e. The quantitative estimate of drug-likeness (QED) is 0.614. The third kappa shape index (κ3) is 3.02. The Bertz CT molecular complexity index is 898. The fraction of sp³-hybridized carbons (Fsp3) is 0.400. The average Bonchev–Trinajstić information content (AvgIpc) is 3.24. The molecule has 3 aromatic heterocycles. The predicted molar refractivity (Wildman–Crippen MR) is 93.0 cm³/mol. The number of nitrogen functional groups attached to an aromatic ring is 1. The number of halogens is 1. The largest absolute Gasteiger partial charge is 0.382 e. The molecular formula is C15H17ClN8O. The molecule has 10 heteroatoms. The van der Waals surface area contributed by atoms with Crippen LogP contribution in [0.4, 0.5) is 11.8 Å². The van der Waals surface area contributed by atoms with Crippen LogP contribution in [-0.2, 0) is 4.79 Å². The van der Waals surface area contributed by atoms with E-state index in [9.17, 15) is 4.79 Å². The molecule has 1 aliphatic carbocycles. The average molecular weight is 361 g/mol. The molecule has 0 saturated heterocycles. The second-order valence-corrected chi connectivity index (χ2v) is 6.47. The van der Waals surface area contributed by atoms with E-state index in [0.29, 0.717) is 17.1 Å². The number of aromatic nitrogens is 6. The first-order valence-corrected chi connectivity index (χ1v) is 8.45. The van der Waals surface area contributed by atoms with E-state index in [2.05, 4.69) is 30.2 Å². The minimum Gasteiger partial charge on any atom is -0.382 e. The summed E-state index contributed by atoms with van der Waals surface area (Å²) in [6.07, 6.45) is 8.27. The van der Waals surface area contributed by atoms with Crippen molar-refractivity contribution in [2.24, 2.45) is 5.92 Å². The van der Waals surface area contributed by atoms with Gasteiger partial charge in [-0.05, 0) is 37.3 Å². The van der Waals surface area contributed by atoms with Gasteiger partial charge in [0.2, 0.25) is 17.1 Å². The van der Waals surface area contributed by atoms with Crippen molar-refractivity contribution in [3.8, 4) is 0 Å². The van der Waals surface area contributed by atoms with Crippen molar-refractivity contribution < 1.29 is 4.79 Å². The van der Waals surface area contributed by atoms with E-state index in [4.69, 9.17) is 17.3 Å². The van der Waals surface area contributed by atoms with Gasteiger partial charge in [0, 0.05) is 24.4 Å². The van der Waals surface area contributed by atoms with Gasteiger partial charge in [-0.3, -0.25) is 10.1 Å². The van der Waals surface area contributed by atoms with Crippen molar-refractivity contribution in [1.82, 2.24) is 29.5 Å². The highest BCUT2D eigenvalue weighted by atomic mass is 35.5. The first-order valence-electron chi connectivity index (χ1n) is 8.07. The molecule has 3 aromatic rings. The Morgan fingerprint density at radius 3 is 2.80 bits per heavy atom. The van der Waals surface area contributed by atoms with Gasteiger partial charge in [0.15, 0.2) is 11.5 Å². The van der Waals surface area contributed by atoms with Crippen LogP contribution in [0, 0.1) is 5.92 Å². The van der Waals surface area contributed by atoms with E-state index in [1.54, 1.807) is 18.7 Å². The Balaban J connectivity index is 1.46. The number of carbonyl (C=O) groups is 1. The van der Waals surface area contributed by atoms with Gasteiger partial charge in [-0.1, -0.05) is 0 Å². The summed E-state index contributed by atoms with van der Waals surface area (Å²) in [6.45, 7) is 0. The molecule has 0 bridgehead atoms.